The highest BCUT2D eigenvalue weighted by Crippen LogP contribution is 2.17. The van der Waals surface area contributed by atoms with Gasteiger partial charge in [-0.3, -0.25) is 9.59 Å². The van der Waals surface area contributed by atoms with Crippen LogP contribution in [0.5, 0.6) is 5.88 Å². The Morgan fingerprint density at radius 1 is 1.10 bits per heavy atom. The Balaban J connectivity index is 1.82. The topological polar surface area (TPSA) is 98.5 Å². The normalized spacial score (nSPS) is 10.9. The molecule has 0 saturated carbocycles. The summed E-state index contributed by atoms with van der Waals surface area (Å²) in [7, 11) is 1.45. The van der Waals surface area contributed by atoms with Crippen molar-refractivity contribution in [1.82, 2.24) is 20.4 Å². The lowest BCUT2D eigenvalue weighted by atomic mass is 10.1. The minimum absolute atomic E-state index is 0.0584. The standard InChI is InChI=1S/C19H15Cl2N5O3/c1-22-18(28)17-19(29-11-16(27)13-4-8-15(21)9-5-13)26(25-24-17)23-10-12-2-6-14(20)7-3-12/h2-10H,11H2,1H3,(H,22,28). The lowest BCUT2D eigenvalue weighted by Gasteiger charge is -2.06. The van der Waals surface area contributed by atoms with Crippen LogP contribution in [0.15, 0.2) is 53.6 Å². The molecule has 2 aromatic carbocycles. The van der Waals surface area contributed by atoms with Crippen LogP contribution in [-0.4, -0.2) is 46.7 Å². The van der Waals surface area contributed by atoms with Gasteiger partial charge in [-0.2, -0.15) is 5.10 Å². The van der Waals surface area contributed by atoms with E-state index in [1.54, 1.807) is 48.5 Å². The van der Waals surface area contributed by atoms with E-state index in [1.807, 2.05) is 0 Å². The number of Topliss-reactive ketones (excluding diaryl/α,β-unsaturated/α-hetero) is 1. The predicted octanol–water partition coefficient (Wildman–Crippen LogP) is 3.09. The molecule has 1 aromatic heterocycles. The quantitative estimate of drug-likeness (QED) is 0.457. The minimum atomic E-state index is -0.521. The van der Waals surface area contributed by atoms with Crippen molar-refractivity contribution in [2.75, 3.05) is 13.7 Å². The van der Waals surface area contributed by atoms with E-state index in [2.05, 4.69) is 20.7 Å². The lowest BCUT2D eigenvalue weighted by Crippen LogP contribution is -2.21. The number of halogens is 2. The molecule has 29 heavy (non-hydrogen) atoms. The van der Waals surface area contributed by atoms with Crippen molar-refractivity contribution in [2.24, 2.45) is 5.10 Å². The van der Waals surface area contributed by atoms with Gasteiger partial charge >= 0.3 is 0 Å². The molecule has 10 heteroatoms. The Kier molecular flexibility index (Phi) is 6.58. The molecule has 1 heterocycles. The molecule has 0 radical (unpaired) electrons. The molecule has 0 aliphatic rings. The second-order valence-corrected chi connectivity index (χ2v) is 6.60. The zero-order chi connectivity index (χ0) is 20.8. The van der Waals surface area contributed by atoms with Crippen LogP contribution in [0.3, 0.4) is 0 Å². The van der Waals surface area contributed by atoms with Crippen molar-refractivity contribution in [2.45, 2.75) is 0 Å². The number of nitrogens with one attached hydrogen (secondary N) is 1. The summed E-state index contributed by atoms with van der Waals surface area (Å²) in [4.78, 5) is 25.4. The van der Waals surface area contributed by atoms with Gasteiger partial charge in [0, 0.05) is 22.7 Å². The number of carbonyl (C=O) groups is 2. The second kappa shape index (κ2) is 9.31. The van der Waals surface area contributed by atoms with Gasteiger partial charge < -0.3 is 10.1 Å². The molecule has 0 aliphatic carbocycles. The van der Waals surface area contributed by atoms with Crippen LogP contribution < -0.4 is 10.1 Å². The Morgan fingerprint density at radius 3 is 2.34 bits per heavy atom. The number of amides is 1. The molecule has 0 spiro atoms. The highest BCUT2D eigenvalue weighted by molar-refractivity contribution is 6.31. The third-order valence-electron chi connectivity index (χ3n) is 3.75. The maximum atomic E-state index is 12.4. The summed E-state index contributed by atoms with van der Waals surface area (Å²) in [6.07, 6.45) is 1.49. The third kappa shape index (κ3) is 5.18. The molecule has 0 fully saturated rings. The zero-order valence-corrected chi connectivity index (χ0v) is 16.7. The molecule has 0 atom stereocenters. The predicted molar refractivity (Wildman–Crippen MR) is 109 cm³/mol. The summed E-state index contributed by atoms with van der Waals surface area (Å²) >= 11 is 11.7. The van der Waals surface area contributed by atoms with Gasteiger partial charge in [0.15, 0.2) is 12.4 Å². The molecular weight excluding hydrogens is 417 g/mol. The van der Waals surface area contributed by atoms with Crippen molar-refractivity contribution in [1.29, 1.82) is 0 Å². The van der Waals surface area contributed by atoms with E-state index in [0.29, 0.717) is 15.6 Å². The Bertz CT molecular complexity index is 1050. The molecular formula is C19H15Cl2N5O3. The van der Waals surface area contributed by atoms with Gasteiger partial charge in [-0.1, -0.05) is 40.1 Å². The summed E-state index contributed by atoms with van der Waals surface area (Å²) in [5, 5.41) is 15.3. The van der Waals surface area contributed by atoms with Crippen LogP contribution in [0.1, 0.15) is 26.4 Å². The Labute approximate surface area is 176 Å². The number of ketones is 1. The molecule has 3 rings (SSSR count). The third-order valence-corrected chi connectivity index (χ3v) is 4.25. The van der Waals surface area contributed by atoms with Crippen molar-refractivity contribution in [3.8, 4) is 5.88 Å². The van der Waals surface area contributed by atoms with E-state index >= 15 is 0 Å². The molecule has 0 bridgehead atoms. The fraction of sp³-hybridized carbons (Fsp3) is 0.105. The monoisotopic (exact) mass is 431 g/mol. The molecule has 1 amide bonds. The van der Waals surface area contributed by atoms with E-state index in [4.69, 9.17) is 27.9 Å². The van der Waals surface area contributed by atoms with E-state index in [0.717, 1.165) is 10.4 Å². The average molecular weight is 432 g/mol. The first-order valence-corrected chi connectivity index (χ1v) is 9.13. The van der Waals surface area contributed by atoms with Crippen molar-refractivity contribution >= 4 is 41.1 Å². The molecule has 0 unspecified atom stereocenters. The molecule has 8 nitrogen and oxygen atoms in total. The minimum Gasteiger partial charge on any atom is -0.466 e. The number of hydrogen-bond donors (Lipinski definition) is 1. The highest BCUT2D eigenvalue weighted by atomic mass is 35.5. The largest absolute Gasteiger partial charge is 0.466 e. The summed E-state index contributed by atoms with van der Waals surface area (Å²) in [5.74, 6) is -0.886. The van der Waals surface area contributed by atoms with E-state index < -0.39 is 5.91 Å². The van der Waals surface area contributed by atoms with Gasteiger partial charge in [0.05, 0.1) is 6.21 Å². The van der Waals surface area contributed by atoms with Gasteiger partial charge in [0.2, 0.25) is 5.69 Å². The summed E-state index contributed by atoms with van der Waals surface area (Å²) in [5.41, 5.74) is 1.07. The number of benzene rings is 2. The Hall–Kier alpha value is -3.23. The first kappa shape index (κ1) is 20.5. The molecule has 3 aromatic rings. The van der Waals surface area contributed by atoms with Crippen molar-refractivity contribution in [3.63, 3.8) is 0 Å². The van der Waals surface area contributed by atoms with E-state index in [1.165, 1.54) is 13.3 Å². The number of hydrogen-bond acceptors (Lipinski definition) is 6. The van der Waals surface area contributed by atoms with Crippen molar-refractivity contribution in [3.05, 3.63) is 75.4 Å². The number of aromatic nitrogens is 3. The van der Waals surface area contributed by atoms with Gasteiger partial charge in [-0.05, 0) is 47.2 Å². The van der Waals surface area contributed by atoms with Crippen LogP contribution in [-0.2, 0) is 0 Å². The average Bonchev–Trinajstić information content (AvgIpc) is 3.14. The maximum Gasteiger partial charge on any atom is 0.277 e. The SMILES string of the molecule is CNC(=O)c1nnn(N=Cc2ccc(Cl)cc2)c1OCC(=O)c1ccc(Cl)cc1. The molecule has 0 saturated heterocycles. The molecule has 1 N–H and O–H groups in total. The number of nitrogens with zero attached hydrogens (tertiary/aromatic N) is 4. The smallest absolute Gasteiger partial charge is 0.277 e. The van der Waals surface area contributed by atoms with E-state index in [9.17, 15) is 9.59 Å². The van der Waals surface area contributed by atoms with Crippen molar-refractivity contribution < 1.29 is 14.3 Å². The summed E-state index contributed by atoms with van der Waals surface area (Å²) < 4.78 is 5.54. The van der Waals surface area contributed by atoms with Gasteiger partial charge in [0.25, 0.3) is 11.8 Å². The van der Waals surface area contributed by atoms with Crippen LogP contribution in [0, 0.1) is 0 Å². The Morgan fingerprint density at radius 2 is 1.72 bits per heavy atom. The van der Waals surface area contributed by atoms with Gasteiger partial charge in [0.1, 0.15) is 0 Å². The summed E-state index contributed by atoms with van der Waals surface area (Å²) in [6.45, 7) is -0.338. The fourth-order valence-electron chi connectivity index (χ4n) is 2.25. The van der Waals surface area contributed by atoms with Crippen LogP contribution in [0.4, 0.5) is 0 Å². The zero-order valence-electron chi connectivity index (χ0n) is 15.2. The first-order valence-electron chi connectivity index (χ1n) is 8.37. The van der Waals surface area contributed by atoms with Crippen LogP contribution in [0.25, 0.3) is 0 Å². The number of rotatable bonds is 7. The second-order valence-electron chi connectivity index (χ2n) is 5.73. The van der Waals surface area contributed by atoms with Gasteiger partial charge in [-0.15, -0.1) is 5.10 Å². The lowest BCUT2D eigenvalue weighted by molar-refractivity contribution is 0.0898. The summed E-state index contributed by atoms with van der Waals surface area (Å²) in [6, 6.07) is 13.3. The highest BCUT2D eigenvalue weighted by Gasteiger charge is 2.21. The molecule has 148 valence electrons. The van der Waals surface area contributed by atoms with Gasteiger partial charge in [-0.25, -0.2) is 0 Å². The fourth-order valence-corrected chi connectivity index (χ4v) is 2.50. The van der Waals surface area contributed by atoms with Crippen LogP contribution in [0.2, 0.25) is 10.0 Å². The van der Waals surface area contributed by atoms with Crippen LogP contribution >= 0.6 is 23.2 Å². The first-order chi connectivity index (χ1) is 14.0. The maximum absolute atomic E-state index is 12.4. The van der Waals surface area contributed by atoms with E-state index in [-0.39, 0.29) is 24.0 Å². The number of ether oxygens (including phenoxy) is 1. The molecule has 0 aliphatic heterocycles. The number of carbonyl (C=O) groups excluding carboxylic acids is 2.